The SMILES string of the molecule is Cl.Cl.NC(C(=O)O)C(Cl)CC[C@H](N)C(=O)O. The molecule has 0 heterocycles. The summed E-state index contributed by atoms with van der Waals surface area (Å²) in [5.41, 5.74) is 10.4. The lowest BCUT2D eigenvalue weighted by Crippen LogP contribution is -2.40. The summed E-state index contributed by atoms with van der Waals surface area (Å²) in [5, 5.41) is 16.1. The van der Waals surface area contributed by atoms with Crippen molar-refractivity contribution in [3.05, 3.63) is 0 Å². The van der Waals surface area contributed by atoms with Crippen LogP contribution in [0.2, 0.25) is 0 Å². The summed E-state index contributed by atoms with van der Waals surface area (Å²) in [6.07, 6.45) is 0.257. The third-order valence-electron chi connectivity index (χ3n) is 1.75. The number of carboxylic acids is 2. The molecule has 0 aliphatic carbocycles. The molecule has 16 heavy (non-hydrogen) atoms. The van der Waals surface area contributed by atoms with Gasteiger partial charge >= 0.3 is 11.9 Å². The standard InChI is InChI=1S/C7H13ClN2O4.2ClH/c8-3(5(10)7(13)14)1-2-4(9)6(11)12;;/h3-5H,1-2,9-10H2,(H,11,12)(H,13,14);2*1H/t3?,4-,5?;;/m0../s1. The van der Waals surface area contributed by atoms with Gasteiger partial charge in [0, 0.05) is 0 Å². The molecule has 0 aliphatic heterocycles. The predicted octanol–water partition coefficient (Wildman–Crippen LogP) is 0.0414. The predicted molar refractivity (Wildman–Crippen MR) is 64.6 cm³/mol. The maximum absolute atomic E-state index is 10.4. The van der Waals surface area contributed by atoms with Crippen molar-refractivity contribution in [2.75, 3.05) is 0 Å². The highest BCUT2D eigenvalue weighted by atomic mass is 35.5. The van der Waals surface area contributed by atoms with Crippen molar-refractivity contribution < 1.29 is 19.8 Å². The number of hydrogen-bond acceptors (Lipinski definition) is 4. The van der Waals surface area contributed by atoms with E-state index >= 15 is 0 Å². The van der Waals surface area contributed by atoms with Gasteiger partial charge in [0.15, 0.2) is 0 Å². The second-order valence-electron chi connectivity index (χ2n) is 2.90. The molecule has 0 amide bonds. The van der Waals surface area contributed by atoms with Gasteiger partial charge in [-0.15, -0.1) is 36.4 Å². The van der Waals surface area contributed by atoms with Crippen LogP contribution in [-0.4, -0.2) is 39.6 Å². The van der Waals surface area contributed by atoms with Crippen LogP contribution < -0.4 is 11.5 Å². The van der Waals surface area contributed by atoms with Crippen LogP contribution >= 0.6 is 36.4 Å². The van der Waals surface area contributed by atoms with E-state index in [1.165, 1.54) is 0 Å². The van der Waals surface area contributed by atoms with Gasteiger partial charge in [-0.1, -0.05) is 0 Å². The minimum atomic E-state index is -1.21. The van der Waals surface area contributed by atoms with E-state index in [1.54, 1.807) is 0 Å². The van der Waals surface area contributed by atoms with Gasteiger partial charge in [0.2, 0.25) is 0 Å². The van der Waals surface area contributed by atoms with E-state index in [9.17, 15) is 9.59 Å². The van der Waals surface area contributed by atoms with E-state index in [4.69, 9.17) is 33.3 Å². The number of alkyl halides is 1. The van der Waals surface area contributed by atoms with E-state index in [0.717, 1.165) is 0 Å². The summed E-state index contributed by atoms with van der Waals surface area (Å²) >= 11 is 5.62. The van der Waals surface area contributed by atoms with E-state index in [1.807, 2.05) is 0 Å². The van der Waals surface area contributed by atoms with E-state index in [2.05, 4.69) is 0 Å². The molecule has 0 bridgehead atoms. The topological polar surface area (TPSA) is 127 Å². The van der Waals surface area contributed by atoms with E-state index in [0.29, 0.717) is 0 Å². The number of aliphatic carboxylic acids is 2. The van der Waals surface area contributed by atoms with Crippen LogP contribution in [0, 0.1) is 0 Å². The van der Waals surface area contributed by atoms with Gasteiger partial charge in [0.1, 0.15) is 12.1 Å². The number of carboxylic acid groups (broad SMARTS) is 2. The summed E-state index contributed by atoms with van der Waals surface area (Å²) in [6.45, 7) is 0. The molecule has 9 heteroatoms. The van der Waals surface area contributed by atoms with Gasteiger partial charge < -0.3 is 21.7 Å². The monoisotopic (exact) mass is 296 g/mol. The first-order valence-corrected chi connectivity index (χ1v) is 4.40. The Balaban J connectivity index is -0.000000845. The molecule has 0 saturated carbocycles. The van der Waals surface area contributed by atoms with Crippen molar-refractivity contribution in [2.45, 2.75) is 30.3 Å². The Labute approximate surface area is 110 Å². The Morgan fingerprint density at radius 2 is 1.50 bits per heavy atom. The van der Waals surface area contributed by atoms with Crippen LogP contribution in [0.3, 0.4) is 0 Å². The fraction of sp³-hybridized carbons (Fsp3) is 0.714. The molecule has 0 aromatic carbocycles. The molecule has 98 valence electrons. The fourth-order valence-corrected chi connectivity index (χ4v) is 1.03. The highest BCUT2D eigenvalue weighted by Gasteiger charge is 2.23. The highest BCUT2D eigenvalue weighted by Crippen LogP contribution is 2.10. The van der Waals surface area contributed by atoms with Crippen molar-refractivity contribution in [3.8, 4) is 0 Å². The third kappa shape index (κ3) is 7.95. The van der Waals surface area contributed by atoms with Gasteiger partial charge in [-0.25, -0.2) is 0 Å². The normalized spacial score (nSPS) is 14.9. The molecule has 6 nitrogen and oxygen atoms in total. The molecule has 0 aromatic heterocycles. The third-order valence-corrected chi connectivity index (χ3v) is 2.24. The summed E-state index contributed by atoms with van der Waals surface area (Å²) in [5.74, 6) is -2.35. The number of carbonyl (C=O) groups is 2. The first-order chi connectivity index (χ1) is 6.36. The van der Waals surface area contributed by atoms with Crippen LogP contribution in [0.15, 0.2) is 0 Å². The van der Waals surface area contributed by atoms with Crippen molar-refractivity contribution in [1.29, 1.82) is 0 Å². The highest BCUT2D eigenvalue weighted by molar-refractivity contribution is 6.22. The summed E-state index contributed by atoms with van der Waals surface area (Å²) in [6, 6.07) is -2.23. The number of nitrogens with two attached hydrogens (primary N) is 2. The first-order valence-electron chi connectivity index (χ1n) is 3.97. The number of hydrogen-bond donors (Lipinski definition) is 4. The molecule has 0 saturated heterocycles. The molecule has 0 aromatic rings. The van der Waals surface area contributed by atoms with Crippen LogP contribution in [0.5, 0.6) is 0 Å². The zero-order valence-electron chi connectivity index (χ0n) is 8.21. The van der Waals surface area contributed by atoms with Gasteiger partial charge in [-0.2, -0.15) is 0 Å². The molecule has 3 atom stereocenters. The molecule has 2 unspecified atom stereocenters. The van der Waals surface area contributed by atoms with Crippen molar-refractivity contribution in [3.63, 3.8) is 0 Å². The van der Waals surface area contributed by atoms with Gasteiger partial charge in [0.05, 0.1) is 5.38 Å². The smallest absolute Gasteiger partial charge is 0.322 e. The van der Waals surface area contributed by atoms with E-state index in [-0.39, 0.29) is 37.7 Å². The van der Waals surface area contributed by atoms with Crippen LogP contribution in [0.4, 0.5) is 0 Å². The average Bonchev–Trinajstić information content (AvgIpc) is 2.11. The maximum atomic E-state index is 10.4. The zero-order chi connectivity index (χ0) is 11.3. The molecule has 0 spiro atoms. The Hall–Kier alpha value is -0.270. The second kappa shape index (κ2) is 9.92. The van der Waals surface area contributed by atoms with Gasteiger partial charge in [0.25, 0.3) is 0 Å². The molecule has 0 radical (unpaired) electrons. The van der Waals surface area contributed by atoms with Crippen LogP contribution in [0.25, 0.3) is 0 Å². The lowest BCUT2D eigenvalue weighted by atomic mass is 10.1. The molecule has 0 rings (SSSR count). The zero-order valence-corrected chi connectivity index (χ0v) is 10.6. The fourth-order valence-electron chi connectivity index (χ4n) is 0.797. The van der Waals surface area contributed by atoms with E-state index < -0.39 is 29.4 Å². The summed E-state index contributed by atoms with van der Waals surface area (Å²) in [4.78, 5) is 20.7. The van der Waals surface area contributed by atoms with Crippen LogP contribution in [0.1, 0.15) is 12.8 Å². The Morgan fingerprint density at radius 3 is 1.81 bits per heavy atom. The maximum Gasteiger partial charge on any atom is 0.322 e. The summed E-state index contributed by atoms with van der Waals surface area (Å²) in [7, 11) is 0. The molecule has 6 N–H and O–H groups in total. The quantitative estimate of drug-likeness (QED) is 0.513. The number of rotatable bonds is 6. The lowest BCUT2D eigenvalue weighted by molar-refractivity contribution is -0.138. The summed E-state index contributed by atoms with van der Waals surface area (Å²) < 4.78 is 0. The Morgan fingerprint density at radius 1 is 1.06 bits per heavy atom. The van der Waals surface area contributed by atoms with Crippen molar-refractivity contribution in [2.24, 2.45) is 11.5 Å². The van der Waals surface area contributed by atoms with Gasteiger partial charge in [-0.3, -0.25) is 9.59 Å². The minimum absolute atomic E-state index is 0. The molecule has 0 aliphatic rings. The van der Waals surface area contributed by atoms with Crippen molar-refractivity contribution in [1.82, 2.24) is 0 Å². The molecular formula is C7H15Cl3N2O4. The Kier molecular flexibility index (Phi) is 13.1. The molecule has 0 fully saturated rings. The number of halogens is 3. The largest absolute Gasteiger partial charge is 0.480 e. The minimum Gasteiger partial charge on any atom is -0.480 e. The van der Waals surface area contributed by atoms with Crippen molar-refractivity contribution >= 4 is 48.4 Å². The average molecular weight is 298 g/mol. The van der Waals surface area contributed by atoms with Gasteiger partial charge in [-0.05, 0) is 12.8 Å². The second-order valence-corrected chi connectivity index (χ2v) is 3.46. The molecular weight excluding hydrogens is 282 g/mol. The first kappa shape index (κ1) is 21.1. The van der Waals surface area contributed by atoms with Crippen LogP contribution in [-0.2, 0) is 9.59 Å². The lowest BCUT2D eigenvalue weighted by Gasteiger charge is -2.14. The Bertz CT molecular complexity index is 230.